The van der Waals surface area contributed by atoms with Crippen LogP contribution in [0.1, 0.15) is 51.8 Å². The largest absolute Gasteiger partial charge is 0.320 e. The molecule has 2 saturated heterocycles. The van der Waals surface area contributed by atoms with Crippen LogP contribution in [-0.2, 0) is 17.1 Å². The lowest BCUT2D eigenvalue weighted by Gasteiger charge is -2.43. The minimum Gasteiger partial charge on any atom is -0.320 e. The van der Waals surface area contributed by atoms with Gasteiger partial charge < -0.3 is 9.47 Å². The molecule has 0 bridgehead atoms. The van der Waals surface area contributed by atoms with E-state index in [2.05, 4.69) is 28.9 Å². The molecule has 25 heavy (non-hydrogen) atoms. The molecule has 8 heteroatoms. The second-order valence-electron chi connectivity index (χ2n) is 7.95. The third-order valence-corrected chi connectivity index (χ3v) is 8.04. The first-order chi connectivity index (χ1) is 11.8. The minimum atomic E-state index is -3.19. The van der Waals surface area contributed by atoms with Crippen LogP contribution >= 0.6 is 0 Å². The van der Waals surface area contributed by atoms with Gasteiger partial charge in [-0.3, -0.25) is 0 Å². The third kappa shape index (κ3) is 3.48. The Morgan fingerprint density at radius 3 is 2.52 bits per heavy atom. The fourth-order valence-corrected chi connectivity index (χ4v) is 6.08. The van der Waals surface area contributed by atoms with Crippen molar-refractivity contribution in [3.63, 3.8) is 0 Å². The van der Waals surface area contributed by atoms with Crippen LogP contribution in [0, 0.1) is 5.41 Å². The van der Waals surface area contributed by atoms with Gasteiger partial charge in [0.2, 0.25) is 10.0 Å². The smallest absolute Gasteiger partial charge is 0.214 e. The summed E-state index contributed by atoms with van der Waals surface area (Å²) in [6.45, 7) is 9.58. The summed E-state index contributed by atoms with van der Waals surface area (Å²) in [5.41, 5.74) is -0.0208. The normalized spacial score (nSPS) is 25.2. The van der Waals surface area contributed by atoms with Crippen molar-refractivity contribution < 1.29 is 8.42 Å². The average Bonchev–Trinajstić information content (AvgIpc) is 3.12. The highest BCUT2D eigenvalue weighted by Gasteiger charge is 2.52. The van der Waals surface area contributed by atoms with E-state index in [1.54, 1.807) is 10.6 Å². The Bertz CT molecular complexity index is 692. The quantitative estimate of drug-likeness (QED) is 0.785. The van der Waals surface area contributed by atoms with Crippen molar-refractivity contribution in [3.05, 3.63) is 12.2 Å². The first-order valence-corrected chi connectivity index (χ1v) is 11.0. The molecular formula is C17H31N5O2S. The highest BCUT2D eigenvalue weighted by molar-refractivity contribution is 7.89. The molecule has 1 spiro atoms. The van der Waals surface area contributed by atoms with E-state index in [0.29, 0.717) is 25.6 Å². The molecule has 0 amide bonds. The second-order valence-corrected chi connectivity index (χ2v) is 10.0. The first kappa shape index (κ1) is 18.8. The Hall–Kier alpha value is -0.990. The van der Waals surface area contributed by atoms with Gasteiger partial charge in [0.05, 0.1) is 5.75 Å². The SMILES string of the molecule is CCCS(=O)(=O)N1CC(c2nncn2C)C2(CCN(C(C)C)CC2)C1. The molecule has 0 radical (unpaired) electrons. The van der Waals surface area contributed by atoms with Crippen molar-refractivity contribution in [3.8, 4) is 0 Å². The highest BCUT2D eigenvalue weighted by Crippen LogP contribution is 2.50. The van der Waals surface area contributed by atoms with Crippen molar-refractivity contribution in [2.75, 3.05) is 31.9 Å². The lowest BCUT2D eigenvalue weighted by atomic mass is 9.70. The first-order valence-electron chi connectivity index (χ1n) is 9.35. The zero-order chi connectivity index (χ0) is 18.2. The molecule has 3 rings (SSSR count). The molecule has 2 fully saturated rings. The van der Waals surface area contributed by atoms with Crippen molar-refractivity contribution in [2.24, 2.45) is 12.5 Å². The zero-order valence-corrected chi connectivity index (χ0v) is 16.7. The molecule has 0 aliphatic carbocycles. The molecule has 0 N–H and O–H groups in total. The minimum absolute atomic E-state index is 0.0208. The van der Waals surface area contributed by atoms with Gasteiger partial charge in [-0.05, 0) is 51.6 Å². The molecule has 1 atom stereocenters. The van der Waals surface area contributed by atoms with Crippen LogP contribution in [0.25, 0.3) is 0 Å². The van der Waals surface area contributed by atoms with E-state index in [1.165, 1.54) is 0 Å². The van der Waals surface area contributed by atoms with Gasteiger partial charge >= 0.3 is 0 Å². The monoisotopic (exact) mass is 369 g/mol. The van der Waals surface area contributed by atoms with E-state index < -0.39 is 10.0 Å². The fraction of sp³-hybridized carbons (Fsp3) is 0.882. The summed E-state index contributed by atoms with van der Waals surface area (Å²) >= 11 is 0. The molecule has 0 saturated carbocycles. The van der Waals surface area contributed by atoms with Gasteiger partial charge in [0, 0.05) is 32.1 Å². The number of piperidine rings is 1. The third-order valence-electron chi connectivity index (χ3n) is 6.05. The molecular weight excluding hydrogens is 338 g/mol. The van der Waals surface area contributed by atoms with Gasteiger partial charge in [0.15, 0.2) is 0 Å². The summed E-state index contributed by atoms with van der Waals surface area (Å²) in [6.07, 6.45) is 4.40. The van der Waals surface area contributed by atoms with Crippen LogP contribution in [-0.4, -0.2) is 70.4 Å². The summed E-state index contributed by atoms with van der Waals surface area (Å²) in [6, 6.07) is 0.534. The Kier molecular flexibility index (Phi) is 5.23. The van der Waals surface area contributed by atoms with E-state index in [9.17, 15) is 8.42 Å². The maximum absolute atomic E-state index is 12.7. The molecule has 1 aromatic heterocycles. The lowest BCUT2D eigenvalue weighted by Crippen LogP contribution is -2.46. The number of sulfonamides is 1. The number of rotatable bonds is 5. The Labute approximate surface area is 151 Å². The maximum atomic E-state index is 12.7. The van der Waals surface area contributed by atoms with Crippen LogP contribution in [0.4, 0.5) is 0 Å². The summed E-state index contributed by atoms with van der Waals surface area (Å²) < 4.78 is 29.1. The van der Waals surface area contributed by atoms with Crippen LogP contribution in [0.15, 0.2) is 6.33 Å². The summed E-state index contributed by atoms with van der Waals surface area (Å²) in [4.78, 5) is 2.49. The van der Waals surface area contributed by atoms with E-state index in [4.69, 9.17) is 0 Å². The Morgan fingerprint density at radius 2 is 2.00 bits per heavy atom. The van der Waals surface area contributed by atoms with Crippen molar-refractivity contribution in [1.29, 1.82) is 0 Å². The van der Waals surface area contributed by atoms with Gasteiger partial charge in [-0.25, -0.2) is 12.7 Å². The molecule has 2 aliphatic heterocycles. The summed E-state index contributed by atoms with van der Waals surface area (Å²) in [5.74, 6) is 1.28. The molecule has 0 aromatic carbocycles. The Balaban J connectivity index is 1.90. The molecule has 142 valence electrons. The number of aryl methyl sites for hydroxylation is 1. The van der Waals surface area contributed by atoms with Gasteiger partial charge in [-0.2, -0.15) is 0 Å². The predicted molar refractivity (Wildman–Crippen MR) is 97.8 cm³/mol. The van der Waals surface area contributed by atoms with E-state index in [1.807, 2.05) is 18.5 Å². The number of hydrogen-bond acceptors (Lipinski definition) is 5. The van der Waals surface area contributed by atoms with Gasteiger partial charge in [-0.1, -0.05) is 6.92 Å². The summed E-state index contributed by atoms with van der Waals surface area (Å²) in [7, 11) is -1.24. The molecule has 2 aliphatic rings. The Morgan fingerprint density at radius 1 is 1.32 bits per heavy atom. The average molecular weight is 370 g/mol. The van der Waals surface area contributed by atoms with E-state index in [0.717, 1.165) is 31.8 Å². The van der Waals surface area contributed by atoms with E-state index in [-0.39, 0.29) is 17.1 Å². The predicted octanol–water partition coefficient (Wildman–Crippen LogP) is 1.44. The fourth-order valence-electron chi connectivity index (χ4n) is 4.48. The summed E-state index contributed by atoms with van der Waals surface area (Å²) in [5, 5.41) is 8.39. The van der Waals surface area contributed by atoms with E-state index >= 15 is 0 Å². The number of nitrogens with zero attached hydrogens (tertiary/aromatic N) is 5. The molecule has 3 heterocycles. The second kappa shape index (κ2) is 6.96. The van der Waals surface area contributed by atoms with Crippen molar-refractivity contribution >= 4 is 10.0 Å². The van der Waals surface area contributed by atoms with Gasteiger partial charge in [-0.15, -0.1) is 10.2 Å². The van der Waals surface area contributed by atoms with Crippen LogP contribution in [0.3, 0.4) is 0 Å². The number of aromatic nitrogens is 3. The number of likely N-dealkylation sites (tertiary alicyclic amines) is 1. The molecule has 7 nitrogen and oxygen atoms in total. The maximum Gasteiger partial charge on any atom is 0.214 e. The van der Waals surface area contributed by atoms with Crippen molar-refractivity contribution in [2.45, 2.75) is 52.0 Å². The van der Waals surface area contributed by atoms with Crippen LogP contribution in [0.5, 0.6) is 0 Å². The molecule has 1 aromatic rings. The van der Waals surface area contributed by atoms with Crippen LogP contribution in [0.2, 0.25) is 0 Å². The van der Waals surface area contributed by atoms with Gasteiger partial charge in [0.1, 0.15) is 12.2 Å². The van der Waals surface area contributed by atoms with Gasteiger partial charge in [0.25, 0.3) is 0 Å². The number of hydrogen-bond donors (Lipinski definition) is 0. The highest BCUT2D eigenvalue weighted by atomic mass is 32.2. The van der Waals surface area contributed by atoms with Crippen LogP contribution < -0.4 is 0 Å². The standard InChI is InChI=1S/C17H31N5O2S/c1-5-10-25(23,24)22-11-15(16-19-18-13-20(16)4)17(12-22)6-8-21(9-7-17)14(2)3/h13-15H,5-12H2,1-4H3. The van der Waals surface area contributed by atoms with Crippen molar-refractivity contribution in [1.82, 2.24) is 24.0 Å². The topological polar surface area (TPSA) is 71.3 Å². The lowest BCUT2D eigenvalue weighted by molar-refractivity contribution is 0.0791. The zero-order valence-electron chi connectivity index (χ0n) is 15.8. The molecule has 1 unspecified atom stereocenters.